The summed E-state index contributed by atoms with van der Waals surface area (Å²) in [7, 11) is 0. The predicted molar refractivity (Wildman–Crippen MR) is 111 cm³/mol. The van der Waals surface area contributed by atoms with Gasteiger partial charge in [0.25, 0.3) is 0 Å². The molecule has 3 heterocycles. The number of benzene rings is 1. The summed E-state index contributed by atoms with van der Waals surface area (Å²) >= 11 is 0. The molecule has 1 aliphatic carbocycles. The molecule has 2 aliphatic heterocycles. The van der Waals surface area contributed by atoms with Crippen molar-refractivity contribution < 1.29 is 17.9 Å². The predicted octanol–water partition coefficient (Wildman–Crippen LogP) is 4.24. The largest absolute Gasteiger partial charge is 0.433 e. The van der Waals surface area contributed by atoms with Gasteiger partial charge in [0.1, 0.15) is 17.8 Å². The second-order valence-electron chi connectivity index (χ2n) is 8.74. The Kier molecular flexibility index (Phi) is 5.60. The SMILES string of the molecule is FC(F)(F)c1cc(N(C2CC2)C2CCN(CC3OCCc4ccccc43)CC2)ncn1. The summed E-state index contributed by atoms with van der Waals surface area (Å²) in [6.07, 6.45) is 1.50. The molecular weight excluding hydrogens is 405 g/mol. The van der Waals surface area contributed by atoms with E-state index in [-0.39, 0.29) is 12.1 Å². The first-order valence-electron chi connectivity index (χ1n) is 11.1. The quantitative estimate of drug-likeness (QED) is 0.707. The van der Waals surface area contributed by atoms with E-state index in [4.69, 9.17) is 4.74 Å². The van der Waals surface area contributed by atoms with E-state index in [0.29, 0.717) is 11.9 Å². The Bertz CT molecular complexity index is 910. The van der Waals surface area contributed by atoms with E-state index < -0.39 is 11.9 Å². The first kappa shape index (κ1) is 20.7. The van der Waals surface area contributed by atoms with Gasteiger partial charge in [0.05, 0.1) is 12.7 Å². The van der Waals surface area contributed by atoms with Crippen LogP contribution >= 0.6 is 0 Å². The molecule has 166 valence electrons. The second-order valence-corrected chi connectivity index (χ2v) is 8.74. The van der Waals surface area contributed by atoms with Crippen LogP contribution in [0.1, 0.15) is 48.6 Å². The highest BCUT2D eigenvalue weighted by molar-refractivity contribution is 5.44. The van der Waals surface area contributed by atoms with Crippen molar-refractivity contribution >= 4 is 5.82 Å². The summed E-state index contributed by atoms with van der Waals surface area (Å²) in [6, 6.07) is 10.1. The van der Waals surface area contributed by atoms with Crippen LogP contribution in [0, 0.1) is 0 Å². The normalized spacial score (nSPS) is 22.9. The van der Waals surface area contributed by atoms with Crippen molar-refractivity contribution in [1.29, 1.82) is 0 Å². The number of hydrogen-bond donors (Lipinski definition) is 0. The van der Waals surface area contributed by atoms with Crippen LogP contribution in [0.5, 0.6) is 0 Å². The highest BCUT2D eigenvalue weighted by atomic mass is 19.4. The van der Waals surface area contributed by atoms with Gasteiger partial charge in [-0.1, -0.05) is 24.3 Å². The molecule has 1 aromatic heterocycles. The molecule has 5 rings (SSSR count). The summed E-state index contributed by atoms with van der Waals surface area (Å²) in [6.45, 7) is 3.43. The Morgan fingerprint density at radius 2 is 1.77 bits per heavy atom. The number of rotatable bonds is 5. The van der Waals surface area contributed by atoms with Crippen LogP contribution in [-0.4, -0.2) is 53.2 Å². The standard InChI is InChI=1S/C23H27F3N4O/c24-23(25,26)21-13-22(28-15-27-21)30(17-5-6-17)18-7-10-29(11-8-18)14-20-19-4-2-1-3-16(19)9-12-31-20/h1-4,13,15,17-18,20H,5-12,14H2. The minimum absolute atomic E-state index is 0.0947. The molecule has 8 heteroatoms. The first-order valence-corrected chi connectivity index (χ1v) is 11.1. The zero-order chi connectivity index (χ0) is 21.4. The Morgan fingerprint density at radius 3 is 2.52 bits per heavy atom. The minimum atomic E-state index is -4.45. The lowest BCUT2D eigenvalue weighted by Crippen LogP contribution is -2.47. The molecule has 3 aliphatic rings. The van der Waals surface area contributed by atoms with Crippen molar-refractivity contribution in [2.75, 3.05) is 31.1 Å². The van der Waals surface area contributed by atoms with Gasteiger partial charge in [-0.05, 0) is 43.2 Å². The monoisotopic (exact) mass is 432 g/mol. The van der Waals surface area contributed by atoms with Gasteiger partial charge in [-0.15, -0.1) is 0 Å². The number of nitrogens with zero attached hydrogens (tertiary/aromatic N) is 4. The zero-order valence-corrected chi connectivity index (χ0v) is 17.4. The first-order chi connectivity index (χ1) is 15.0. The summed E-state index contributed by atoms with van der Waals surface area (Å²) in [5.74, 6) is 0.410. The third-order valence-corrected chi connectivity index (χ3v) is 6.61. The number of halogens is 3. The summed E-state index contributed by atoms with van der Waals surface area (Å²) < 4.78 is 45.5. The molecule has 0 N–H and O–H groups in total. The average Bonchev–Trinajstić information content (AvgIpc) is 3.60. The molecule has 1 unspecified atom stereocenters. The Hall–Kier alpha value is -2.19. The highest BCUT2D eigenvalue weighted by Crippen LogP contribution is 2.37. The van der Waals surface area contributed by atoms with Gasteiger partial charge in [0.15, 0.2) is 0 Å². The molecule has 0 bridgehead atoms. The Balaban J connectivity index is 1.25. The number of aromatic nitrogens is 2. The van der Waals surface area contributed by atoms with E-state index in [1.165, 1.54) is 11.1 Å². The molecule has 0 radical (unpaired) electrons. The maximum absolute atomic E-state index is 13.1. The minimum Gasteiger partial charge on any atom is -0.372 e. The maximum atomic E-state index is 13.1. The van der Waals surface area contributed by atoms with Crippen LogP contribution in [0.25, 0.3) is 0 Å². The van der Waals surface area contributed by atoms with E-state index in [9.17, 15) is 13.2 Å². The fourth-order valence-electron chi connectivity index (χ4n) is 4.91. The van der Waals surface area contributed by atoms with Crippen molar-refractivity contribution in [3.63, 3.8) is 0 Å². The smallest absolute Gasteiger partial charge is 0.372 e. The molecular formula is C23H27F3N4O. The number of hydrogen-bond acceptors (Lipinski definition) is 5. The van der Waals surface area contributed by atoms with Crippen LogP contribution in [0.3, 0.4) is 0 Å². The molecule has 0 amide bonds. The molecule has 1 atom stereocenters. The van der Waals surface area contributed by atoms with Crippen LogP contribution in [0.4, 0.5) is 19.0 Å². The Labute approximate surface area is 180 Å². The van der Waals surface area contributed by atoms with Gasteiger partial charge in [-0.25, -0.2) is 9.97 Å². The number of piperidine rings is 1. The van der Waals surface area contributed by atoms with E-state index in [0.717, 1.165) is 70.7 Å². The zero-order valence-electron chi connectivity index (χ0n) is 17.4. The lowest BCUT2D eigenvalue weighted by Gasteiger charge is -2.41. The maximum Gasteiger partial charge on any atom is 0.433 e. The van der Waals surface area contributed by atoms with Crippen molar-refractivity contribution in [1.82, 2.24) is 14.9 Å². The number of alkyl halides is 3. The molecule has 31 heavy (non-hydrogen) atoms. The van der Waals surface area contributed by atoms with Crippen molar-refractivity contribution in [3.05, 3.63) is 53.5 Å². The molecule has 1 saturated heterocycles. The third kappa shape index (κ3) is 4.55. The fraction of sp³-hybridized carbons (Fsp3) is 0.565. The van der Waals surface area contributed by atoms with Gasteiger partial charge in [-0.3, -0.25) is 0 Å². The van der Waals surface area contributed by atoms with Crippen molar-refractivity contribution in [3.8, 4) is 0 Å². The lowest BCUT2D eigenvalue weighted by atomic mass is 9.96. The van der Waals surface area contributed by atoms with Crippen LogP contribution < -0.4 is 4.90 Å². The Morgan fingerprint density at radius 1 is 1.03 bits per heavy atom. The van der Waals surface area contributed by atoms with Gasteiger partial charge in [0.2, 0.25) is 0 Å². The topological polar surface area (TPSA) is 41.5 Å². The van der Waals surface area contributed by atoms with Gasteiger partial charge < -0.3 is 14.5 Å². The van der Waals surface area contributed by atoms with Crippen LogP contribution in [0.15, 0.2) is 36.7 Å². The number of anilines is 1. The molecule has 2 aromatic rings. The van der Waals surface area contributed by atoms with Gasteiger partial charge >= 0.3 is 6.18 Å². The molecule has 1 saturated carbocycles. The summed E-state index contributed by atoms with van der Waals surface area (Å²) in [4.78, 5) is 12.2. The van der Waals surface area contributed by atoms with E-state index in [1.807, 2.05) is 0 Å². The fourth-order valence-corrected chi connectivity index (χ4v) is 4.91. The lowest BCUT2D eigenvalue weighted by molar-refractivity contribution is -0.141. The van der Waals surface area contributed by atoms with Crippen LogP contribution in [-0.2, 0) is 17.3 Å². The average molecular weight is 432 g/mol. The van der Waals surface area contributed by atoms with Crippen molar-refractivity contribution in [2.24, 2.45) is 0 Å². The third-order valence-electron chi connectivity index (χ3n) is 6.61. The molecule has 2 fully saturated rings. The van der Waals surface area contributed by atoms with E-state index in [1.54, 1.807) is 0 Å². The molecule has 5 nitrogen and oxygen atoms in total. The number of ether oxygens (including phenoxy) is 1. The van der Waals surface area contributed by atoms with E-state index in [2.05, 4.69) is 44.0 Å². The summed E-state index contributed by atoms with van der Waals surface area (Å²) in [5.41, 5.74) is 1.79. The summed E-state index contributed by atoms with van der Waals surface area (Å²) in [5, 5.41) is 0. The number of fused-ring (bicyclic) bond motifs is 1. The van der Waals surface area contributed by atoms with Crippen molar-refractivity contribution in [2.45, 2.75) is 56.5 Å². The van der Waals surface area contributed by atoms with Gasteiger partial charge in [-0.2, -0.15) is 13.2 Å². The van der Waals surface area contributed by atoms with E-state index >= 15 is 0 Å². The molecule has 1 aromatic carbocycles. The van der Waals surface area contributed by atoms with Crippen LogP contribution in [0.2, 0.25) is 0 Å². The number of likely N-dealkylation sites (tertiary alicyclic amines) is 1. The second kappa shape index (κ2) is 8.39. The molecule has 0 spiro atoms. The highest BCUT2D eigenvalue weighted by Gasteiger charge is 2.39. The van der Waals surface area contributed by atoms with Gasteiger partial charge in [0, 0.05) is 37.8 Å².